The zero-order valence-electron chi connectivity index (χ0n) is 13.2. The summed E-state index contributed by atoms with van der Waals surface area (Å²) < 4.78 is 4.74. The van der Waals surface area contributed by atoms with E-state index in [-0.39, 0.29) is 18.7 Å². The van der Waals surface area contributed by atoms with Gasteiger partial charge < -0.3 is 9.84 Å². The second kappa shape index (κ2) is 7.96. The number of phenols is 1. The van der Waals surface area contributed by atoms with E-state index in [2.05, 4.69) is 0 Å². The van der Waals surface area contributed by atoms with Crippen molar-refractivity contribution in [1.29, 1.82) is 0 Å². The van der Waals surface area contributed by atoms with Gasteiger partial charge in [0.15, 0.2) is 11.1 Å². The van der Waals surface area contributed by atoms with Crippen LogP contribution < -0.4 is 0 Å². The highest BCUT2D eigenvalue weighted by atomic mass is 16.7. The minimum atomic E-state index is -1.07. The Balaban J connectivity index is 2.26. The van der Waals surface area contributed by atoms with Gasteiger partial charge >= 0.3 is 5.97 Å². The molecule has 2 aromatic rings. The minimum Gasteiger partial charge on any atom is -0.508 e. The van der Waals surface area contributed by atoms with Gasteiger partial charge in [-0.1, -0.05) is 42.5 Å². The number of ether oxygens (including phenoxy) is 1. The fraction of sp³-hybridized carbons (Fsp3) is 0.235. The Morgan fingerprint density at radius 1 is 1.17 bits per heavy atom. The van der Waals surface area contributed by atoms with Crippen LogP contribution in [0.25, 0.3) is 0 Å². The van der Waals surface area contributed by atoms with E-state index < -0.39 is 17.0 Å². The summed E-state index contributed by atoms with van der Waals surface area (Å²) in [6, 6.07) is 14.0. The number of esters is 1. The molecule has 0 heterocycles. The highest BCUT2D eigenvalue weighted by Gasteiger charge is 2.34. The number of hydrazine groups is 1. The first-order valence-electron chi connectivity index (χ1n) is 7.32. The van der Waals surface area contributed by atoms with Crippen molar-refractivity contribution in [3.63, 3.8) is 0 Å². The van der Waals surface area contributed by atoms with Crippen LogP contribution in [0, 0.1) is 10.1 Å². The minimum absolute atomic E-state index is 0.0221. The fourth-order valence-corrected chi connectivity index (χ4v) is 2.35. The molecule has 0 fully saturated rings. The van der Waals surface area contributed by atoms with Gasteiger partial charge in [0.05, 0.1) is 7.11 Å². The van der Waals surface area contributed by atoms with Crippen LogP contribution in [0.5, 0.6) is 5.75 Å². The van der Waals surface area contributed by atoms with Crippen LogP contribution in [-0.4, -0.2) is 34.3 Å². The standard InChI is InChI=1S/C17H18N2O5/c1-24-17(21)16(11-13-7-9-15(20)10-8-13)18(19(22)23)12-14-5-3-2-4-6-14/h2-10,16,20H,11-12H2,1H3/t16-/m0/s1. The molecule has 0 saturated heterocycles. The van der Waals surface area contributed by atoms with Crippen LogP contribution >= 0.6 is 0 Å². The Morgan fingerprint density at radius 3 is 2.33 bits per heavy atom. The van der Waals surface area contributed by atoms with E-state index in [1.165, 1.54) is 19.2 Å². The molecule has 7 nitrogen and oxygen atoms in total. The maximum atomic E-state index is 12.1. The van der Waals surface area contributed by atoms with E-state index in [0.717, 1.165) is 5.01 Å². The second-order valence-corrected chi connectivity index (χ2v) is 5.23. The largest absolute Gasteiger partial charge is 0.508 e. The number of carbonyl (C=O) groups excluding carboxylic acids is 1. The summed E-state index contributed by atoms with van der Waals surface area (Å²) >= 11 is 0. The number of aromatic hydroxyl groups is 1. The molecule has 0 amide bonds. The molecule has 2 rings (SSSR count). The molecule has 2 aromatic carbocycles. The van der Waals surface area contributed by atoms with Crippen LogP contribution in [0.2, 0.25) is 0 Å². The number of hydrogen-bond acceptors (Lipinski definition) is 5. The lowest BCUT2D eigenvalue weighted by atomic mass is 10.0. The number of benzene rings is 2. The molecule has 1 atom stereocenters. The Kier molecular flexibility index (Phi) is 5.73. The van der Waals surface area contributed by atoms with Gasteiger partial charge in [-0.2, -0.15) is 0 Å². The van der Waals surface area contributed by atoms with Gasteiger partial charge in [0.25, 0.3) is 0 Å². The zero-order valence-corrected chi connectivity index (χ0v) is 13.2. The predicted octanol–water partition coefficient (Wildman–Crippen LogP) is 2.17. The molecule has 0 saturated carbocycles. The molecule has 1 N–H and O–H groups in total. The number of carbonyl (C=O) groups is 1. The monoisotopic (exact) mass is 330 g/mol. The summed E-state index contributed by atoms with van der Waals surface area (Å²) in [6.07, 6.45) is 0.0980. The summed E-state index contributed by atoms with van der Waals surface area (Å²) in [4.78, 5) is 23.6. The van der Waals surface area contributed by atoms with Crippen LogP contribution in [-0.2, 0) is 22.5 Å². The van der Waals surface area contributed by atoms with Gasteiger partial charge in [0, 0.05) is 6.42 Å². The number of hydrogen-bond donors (Lipinski definition) is 1. The van der Waals surface area contributed by atoms with E-state index in [9.17, 15) is 20.0 Å². The van der Waals surface area contributed by atoms with Crippen molar-refractivity contribution in [3.05, 3.63) is 75.8 Å². The van der Waals surface area contributed by atoms with Gasteiger partial charge in [-0.15, -0.1) is 5.01 Å². The van der Waals surface area contributed by atoms with Crippen molar-refractivity contribution in [2.75, 3.05) is 7.11 Å². The molecule has 24 heavy (non-hydrogen) atoms. The van der Waals surface area contributed by atoms with Crippen LogP contribution in [0.3, 0.4) is 0 Å². The van der Waals surface area contributed by atoms with Crippen molar-refractivity contribution < 1.29 is 19.7 Å². The summed E-state index contributed by atoms with van der Waals surface area (Å²) in [5.41, 5.74) is 1.40. The molecule has 7 heteroatoms. The first-order valence-corrected chi connectivity index (χ1v) is 7.32. The van der Waals surface area contributed by atoms with Crippen molar-refractivity contribution in [3.8, 4) is 5.75 Å². The van der Waals surface area contributed by atoms with E-state index >= 15 is 0 Å². The third-order valence-electron chi connectivity index (χ3n) is 3.60. The highest BCUT2D eigenvalue weighted by molar-refractivity contribution is 5.75. The molecule has 0 bridgehead atoms. The molecular formula is C17H18N2O5. The zero-order chi connectivity index (χ0) is 17.5. The lowest BCUT2D eigenvalue weighted by Gasteiger charge is -2.23. The summed E-state index contributed by atoms with van der Waals surface area (Å²) in [5, 5.41) is 21.1. The number of phenolic OH excluding ortho intramolecular Hbond substituents is 1. The lowest BCUT2D eigenvalue weighted by molar-refractivity contribution is -0.665. The molecule has 126 valence electrons. The van der Waals surface area contributed by atoms with Crippen LogP contribution in [0.15, 0.2) is 54.6 Å². The maximum Gasteiger partial charge on any atom is 0.334 e. The van der Waals surface area contributed by atoms with Crippen LogP contribution in [0.1, 0.15) is 11.1 Å². The van der Waals surface area contributed by atoms with E-state index in [1.54, 1.807) is 36.4 Å². The molecule has 0 aliphatic heterocycles. The molecule has 0 aromatic heterocycles. The highest BCUT2D eigenvalue weighted by Crippen LogP contribution is 2.17. The van der Waals surface area contributed by atoms with Crippen molar-refractivity contribution in [2.45, 2.75) is 19.0 Å². The predicted molar refractivity (Wildman–Crippen MR) is 86.6 cm³/mol. The number of methoxy groups -OCH3 is 1. The first kappa shape index (κ1) is 17.3. The third-order valence-corrected chi connectivity index (χ3v) is 3.60. The maximum absolute atomic E-state index is 12.1. The summed E-state index contributed by atoms with van der Waals surface area (Å²) in [7, 11) is 1.20. The van der Waals surface area contributed by atoms with Gasteiger partial charge in [-0.05, 0) is 23.3 Å². The van der Waals surface area contributed by atoms with Crippen molar-refractivity contribution in [2.24, 2.45) is 0 Å². The molecule has 0 unspecified atom stereocenters. The molecule has 0 radical (unpaired) electrons. The Morgan fingerprint density at radius 2 is 1.79 bits per heavy atom. The average Bonchev–Trinajstić information content (AvgIpc) is 2.59. The lowest BCUT2D eigenvalue weighted by Crippen LogP contribution is -2.46. The van der Waals surface area contributed by atoms with Crippen molar-refractivity contribution in [1.82, 2.24) is 5.01 Å². The summed E-state index contributed by atoms with van der Waals surface area (Å²) in [5.74, 6) is -0.598. The van der Waals surface area contributed by atoms with Gasteiger partial charge in [-0.25, -0.2) is 14.9 Å². The quantitative estimate of drug-likeness (QED) is 0.475. The van der Waals surface area contributed by atoms with Crippen molar-refractivity contribution >= 4 is 5.97 Å². The molecular weight excluding hydrogens is 312 g/mol. The molecule has 0 spiro atoms. The molecule has 0 aliphatic rings. The number of rotatable bonds is 7. The van der Waals surface area contributed by atoms with Gasteiger partial charge in [0.2, 0.25) is 0 Å². The average molecular weight is 330 g/mol. The van der Waals surface area contributed by atoms with Crippen LogP contribution in [0.4, 0.5) is 0 Å². The number of nitrogens with zero attached hydrogens (tertiary/aromatic N) is 2. The Hall–Kier alpha value is -3.09. The normalized spacial score (nSPS) is 11.5. The SMILES string of the molecule is COC(=O)[C@H](Cc1ccc(O)cc1)N(Cc1ccccc1)[N+](=O)[O-]. The van der Waals surface area contributed by atoms with E-state index in [0.29, 0.717) is 11.1 Å². The Bertz CT molecular complexity index is 688. The topological polar surface area (TPSA) is 92.9 Å². The van der Waals surface area contributed by atoms with Gasteiger partial charge in [0.1, 0.15) is 12.3 Å². The second-order valence-electron chi connectivity index (χ2n) is 5.23. The number of nitro groups is 1. The van der Waals surface area contributed by atoms with E-state index in [1.807, 2.05) is 6.07 Å². The Labute approximate surface area is 139 Å². The summed E-state index contributed by atoms with van der Waals surface area (Å²) in [6.45, 7) is -0.0221. The van der Waals surface area contributed by atoms with Gasteiger partial charge in [-0.3, -0.25) is 0 Å². The first-order chi connectivity index (χ1) is 11.5. The third kappa shape index (κ3) is 4.45. The van der Waals surface area contributed by atoms with E-state index in [4.69, 9.17) is 4.74 Å². The molecule has 0 aliphatic carbocycles. The smallest absolute Gasteiger partial charge is 0.334 e. The fourth-order valence-electron chi connectivity index (χ4n) is 2.35.